The molecule has 6 nitrogen and oxygen atoms in total. The van der Waals surface area contributed by atoms with Crippen molar-refractivity contribution in [3.05, 3.63) is 63.9 Å². The Balaban J connectivity index is 1.72. The van der Waals surface area contributed by atoms with E-state index in [1.54, 1.807) is 31.2 Å². The van der Waals surface area contributed by atoms with Crippen LogP contribution in [0.15, 0.2) is 47.4 Å². The first-order valence-electron chi connectivity index (χ1n) is 7.34. The van der Waals surface area contributed by atoms with E-state index < -0.39 is 15.8 Å². The Kier molecular flexibility index (Phi) is 5.40. The number of benzene rings is 2. The molecule has 0 atom stereocenters. The Morgan fingerprint density at radius 1 is 1.19 bits per heavy atom. The minimum Gasteiger partial charge on any atom is -0.483 e. The second kappa shape index (κ2) is 7.56. The van der Waals surface area contributed by atoms with Crippen molar-refractivity contribution in [2.45, 2.75) is 18.4 Å². The standard InChI is InChI=1S/C16H13ClFN3O3S2/c1-10-11(17)5-4-8-14(10)26(22,23)21-16-20-19-15(25-16)9-24-13-7-3-2-6-12(13)18/h2-8H,9H2,1H3,(H,20,21). The summed E-state index contributed by atoms with van der Waals surface area (Å²) in [6, 6.07) is 10.6. The van der Waals surface area contributed by atoms with Crippen LogP contribution in [0.5, 0.6) is 5.75 Å². The van der Waals surface area contributed by atoms with Crippen molar-refractivity contribution in [2.24, 2.45) is 0 Å². The van der Waals surface area contributed by atoms with Gasteiger partial charge in [-0.1, -0.05) is 41.1 Å². The van der Waals surface area contributed by atoms with Gasteiger partial charge in [0.1, 0.15) is 6.61 Å². The number of anilines is 1. The Bertz CT molecular complexity index is 1040. The average Bonchev–Trinajstić information content (AvgIpc) is 3.03. The summed E-state index contributed by atoms with van der Waals surface area (Å²) in [6.07, 6.45) is 0. The van der Waals surface area contributed by atoms with Gasteiger partial charge in [-0.2, -0.15) is 0 Å². The van der Waals surface area contributed by atoms with Gasteiger partial charge in [0.05, 0.1) is 4.90 Å². The molecule has 1 N–H and O–H groups in total. The summed E-state index contributed by atoms with van der Waals surface area (Å²) in [4.78, 5) is 0.0596. The molecular formula is C16H13ClFN3O3S2. The lowest BCUT2D eigenvalue weighted by molar-refractivity contribution is 0.289. The molecule has 10 heteroatoms. The van der Waals surface area contributed by atoms with Gasteiger partial charge in [0.15, 0.2) is 16.6 Å². The molecule has 1 heterocycles. The molecule has 0 aliphatic carbocycles. The van der Waals surface area contributed by atoms with Crippen LogP contribution in [0, 0.1) is 12.7 Å². The van der Waals surface area contributed by atoms with Crippen LogP contribution >= 0.6 is 22.9 Å². The number of ether oxygens (including phenoxy) is 1. The number of hydrogen-bond donors (Lipinski definition) is 1. The molecule has 26 heavy (non-hydrogen) atoms. The predicted molar refractivity (Wildman–Crippen MR) is 97.6 cm³/mol. The van der Waals surface area contributed by atoms with Crippen LogP contribution in [-0.2, 0) is 16.6 Å². The largest absolute Gasteiger partial charge is 0.483 e. The predicted octanol–water partition coefficient (Wildman–Crippen LogP) is 4.02. The van der Waals surface area contributed by atoms with E-state index in [0.29, 0.717) is 15.6 Å². The van der Waals surface area contributed by atoms with Gasteiger partial charge in [-0.3, -0.25) is 4.72 Å². The zero-order valence-electron chi connectivity index (χ0n) is 13.4. The number of sulfonamides is 1. The lowest BCUT2D eigenvalue weighted by Crippen LogP contribution is -2.14. The van der Waals surface area contributed by atoms with E-state index in [1.807, 2.05) is 0 Å². The fraction of sp³-hybridized carbons (Fsp3) is 0.125. The summed E-state index contributed by atoms with van der Waals surface area (Å²) in [6.45, 7) is 1.58. The number of aromatic nitrogens is 2. The Morgan fingerprint density at radius 3 is 2.73 bits per heavy atom. The van der Waals surface area contributed by atoms with Gasteiger partial charge >= 0.3 is 0 Å². The number of rotatable bonds is 6. The molecule has 3 rings (SSSR count). The number of halogens is 2. The lowest BCUT2D eigenvalue weighted by atomic mass is 10.2. The molecule has 0 saturated heterocycles. The van der Waals surface area contributed by atoms with Gasteiger partial charge in [0.25, 0.3) is 10.0 Å². The molecule has 0 fully saturated rings. The van der Waals surface area contributed by atoms with Gasteiger partial charge in [-0.05, 0) is 36.8 Å². The fourth-order valence-electron chi connectivity index (χ4n) is 2.10. The van der Waals surface area contributed by atoms with Gasteiger partial charge in [0, 0.05) is 5.02 Å². The Morgan fingerprint density at radius 2 is 1.96 bits per heavy atom. The monoisotopic (exact) mass is 413 g/mol. The number of nitrogens with zero attached hydrogens (tertiary/aromatic N) is 2. The highest BCUT2D eigenvalue weighted by Gasteiger charge is 2.20. The second-order valence-electron chi connectivity index (χ2n) is 5.19. The molecule has 0 bridgehead atoms. The molecule has 0 aliphatic heterocycles. The summed E-state index contributed by atoms with van der Waals surface area (Å²) in [5, 5.41) is 8.46. The zero-order valence-corrected chi connectivity index (χ0v) is 15.8. The maximum absolute atomic E-state index is 13.5. The molecule has 136 valence electrons. The zero-order chi connectivity index (χ0) is 18.7. The van der Waals surface area contributed by atoms with Crippen LogP contribution in [0.3, 0.4) is 0 Å². The lowest BCUT2D eigenvalue weighted by Gasteiger charge is -2.08. The van der Waals surface area contributed by atoms with Crippen LogP contribution in [-0.4, -0.2) is 18.6 Å². The minimum atomic E-state index is -3.85. The summed E-state index contributed by atoms with van der Waals surface area (Å²) in [5.41, 5.74) is 0.439. The highest BCUT2D eigenvalue weighted by Crippen LogP contribution is 2.26. The molecular weight excluding hydrogens is 401 g/mol. The molecule has 3 aromatic rings. The highest BCUT2D eigenvalue weighted by molar-refractivity contribution is 7.93. The highest BCUT2D eigenvalue weighted by atomic mass is 35.5. The first-order chi connectivity index (χ1) is 12.4. The minimum absolute atomic E-state index is 0.0312. The van der Waals surface area contributed by atoms with E-state index in [-0.39, 0.29) is 22.4 Å². The normalized spacial score (nSPS) is 11.3. The van der Waals surface area contributed by atoms with Crippen molar-refractivity contribution in [3.8, 4) is 5.75 Å². The Labute approximate surface area is 158 Å². The molecule has 0 spiro atoms. The summed E-state index contributed by atoms with van der Waals surface area (Å²) < 4.78 is 46.2. The van der Waals surface area contributed by atoms with E-state index in [0.717, 1.165) is 11.3 Å². The number of hydrogen-bond acceptors (Lipinski definition) is 6. The third-order valence-corrected chi connectivity index (χ3v) is 6.22. The maximum atomic E-state index is 13.5. The van der Waals surface area contributed by atoms with E-state index >= 15 is 0 Å². The van der Waals surface area contributed by atoms with Crippen LogP contribution < -0.4 is 9.46 Å². The van der Waals surface area contributed by atoms with Crippen molar-refractivity contribution >= 4 is 38.1 Å². The van der Waals surface area contributed by atoms with Gasteiger partial charge in [-0.15, -0.1) is 10.2 Å². The fourth-order valence-corrected chi connectivity index (χ4v) is 4.49. The van der Waals surface area contributed by atoms with Crippen molar-refractivity contribution in [3.63, 3.8) is 0 Å². The third-order valence-electron chi connectivity index (χ3n) is 3.38. The van der Waals surface area contributed by atoms with Crippen molar-refractivity contribution in [1.82, 2.24) is 10.2 Å². The SMILES string of the molecule is Cc1c(Cl)cccc1S(=O)(=O)Nc1nnc(COc2ccccc2F)s1. The molecule has 0 amide bonds. The summed E-state index contributed by atoms with van der Waals surface area (Å²) in [5.74, 6) is -0.409. The topological polar surface area (TPSA) is 81.2 Å². The summed E-state index contributed by atoms with van der Waals surface area (Å²) >= 11 is 6.97. The summed E-state index contributed by atoms with van der Waals surface area (Å²) in [7, 11) is -3.85. The van der Waals surface area contributed by atoms with Gasteiger partial charge in [-0.25, -0.2) is 12.8 Å². The smallest absolute Gasteiger partial charge is 0.264 e. The van der Waals surface area contributed by atoms with E-state index in [1.165, 1.54) is 18.2 Å². The molecule has 1 aromatic heterocycles. The maximum Gasteiger partial charge on any atom is 0.264 e. The van der Waals surface area contributed by atoms with E-state index in [9.17, 15) is 12.8 Å². The number of nitrogens with one attached hydrogen (secondary N) is 1. The quantitative estimate of drug-likeness (QED) is 0.660. The van der Waals surface area contributed by atoms with E-state index in [2.05, 4.69) is 14.9 Å². The van der Waals surface area contributed by atoms with Crippen LogP contribution in [0.1, 0.15) is 10.6 Å². The van der Waals surface area contributed by atoms with Crippen molar-refractivity contribution < 1.29 is 17.5 Å². The molecule has 0 radical (unpaired) electrons. The molecule has 2 aromatic carbocycles. The molecule has 0 saturated carbocycles. The average molecular weight is 414 g/mol. The van der Waals surface area contributed by atoms with Gasteiger partial charge in [0.2, 0.25) is 5.13 Å². The van der Waals surface area contributed by atoms with Gasteiger partial charge < -0.3 is 4.74 Å². The molecule has 0 aliphatic rings. The molecule has 0 unspecified atom stereocenters. The van der Waals surface area contributed by atoms with E-state index in [4.69, 9.17) is 16.3 Å². The van der Waals surface area contributed by atoms with Crippen molar-refractivity contribution in [2.75, 3.05) is 4.72 Å². The number of para-hydroxylation sites is 1. The first kappa shape index (κ1) is 18.6. The van der Waals surface area contributed by atoms with Crippen LogP contribution in [0.2, 0.25) is 5.02 Å². The van der Waals surface area contributed by atoms with Crippen LogP contribution in [0.25, 0.3) is 0 Å². The second-order valence-corrected chi connectivity index (χ2v) is 8.31. The third kappa shape index (κ3) is 4.12. The first-order valence-corrected chi connectivity index (χ1v) is 10.0. The van der Waals surface area contributed by atoms with Crippen LogP contribution in [0.4, 0.5) is 9.52 Å². The van der Waals surface area contributed by atoms with Crippen molar-refractivity contribution in [1.29, 1.82) is 0 Å². The Hall–Kier alpha value is -2.23.